The molecular formula is C18H12F3N3O4. The molecule has 1 heterocycles. The monoisotopic (exact) mass is 391 g/mol. The van der Waals surface area contributed by atoms with Crippen LogP contribution in [-0.2, 0) is 0 Å². The number of anilines is 1. The largest absolute Gasteiger partial charge is 0.573 e. The van der Waals surface area contributed by atoms with Crippen molar-refractivity contribution in [1.82, 2.24) is 0 Å². The second-order valence-corrected chi connectivity index (χ2v) is 5.42. The zero-order chi connectivity index (χ0) is 20.1. The molecule has 0 aliphatic rings. The fourth-order valence-corrected chi connectivity index (χ4v) is 2.28. The van der Waals surface area contributed by atoms with Crippen LogP contribution < -0.4 is 10.2 Å². The van der Waals surface area contributed by atoms with E-state index in [2.05, 4.69) is 15.3 Å². The number of rotatable bonds is 6. The Labute approximate surface area is 156 Å². The molecule has 0 radical (unpaired) electrons. The van der Waals surface area contributed by atoms with Crippen molar-refractivity contribution in [2.45, 2.75) is 6.36 Å². The van der Waals surface area contributed by atoms with E-state index in [1.54, 1.807) is 6.07 Å². The molecule has 0 spiro atoms. The van der Waals surface area contributed by atoms with Crippen LogP contribution in [0.3, 0.4) is 0 Å². The van der Waals surface area contributed by atoms with Crippen LogP contribution in [0.25, 0.3) is 11.3 Å². The van der Waals surface area contributed by atoms with Crippen molar-refractivity contribution in [3.05, 3.63) is 76.5 Å². The van der Waals surface area contributed by atoms with Crippen LogP contribution in [0.1, 0.15) is 5.76 Å². The lowest BCUT2D eigenvalue weighted by Crippen LogP contribution is -2.17. The SMILES string of the molecule is O=[N+]([O-])c1ccc(N/N=C\c2ccc(-c3ccccc3OC(F)(F)F)o2)cc1. The average molecular weight is 391 g/mol. The van der Waals surface area contributed by atoms with Crippen LogP contribution in [-0.4, -0.2) is 17.5 Å². The number of furan rings is 1. The number of nitro groups is 1. The Kier molecular flexibility index (Phi) is 5.30. The van der Waals surface area contributed by atoms with Crippen molar-refractivity contribution in [2.24, 2.45) is 5.10 Å². The van der Waals surface area contributed by atoms with E-state index >= 15 is 0 Å². The lowest BCUT2D eigenvalue weighted by atomic mass is 10.1. The molecule has 144 valence electrons. The van der Waals surface area contributed by atoms with Crippen molar-refractivity contribution < 1.29 is 27.2 Å². The van der Waals surface area contributed by atoms with Gasteiger partial charge in [0.05, 0.1) is 22.4 Å². The molecule has 0 aliphatic heterocycles. The highest BCUT2D eigenvalue weighted by Crippen LogP contribution is 2.34. The third-order valence-electron chi connectivity index (χ3n) is 3.47. The quantitative estimate of drug-likeness (QED) is 0.354. The Morgan fingerprint density at radius 1 is 1.07 bits per heavy atom. The minimum Gasteiger partial charge on any atom is -0.455 e. The minimum absolute atomic E-state index is 0.0510. The summed E-state index contributed by atoms with van der Waals surface area (Å²) >= 11 is 0. The summed E-state index contributed by atoms with van der Waals surface area (Å²) in [6.07, 6.45) is -3.50. The topological polar surface area (TPSA) is 89.9 Å². The van der Waals surface area contributed by atoms with Crippen molar-refractivity contribution >= 4 is 17.6 Å². The molecule has 0 saturated carbocycles. The van der Waals surface area contributed by atoms with Gasteiger partial charge < -0.3 is 9.15 Å². The zero-order valence-electron chi connectivity index (χ0n) is 14.0. The normalized spacial score (nSPS) is 11.5. The lowest BCUT2D eigenvalue weighted by molar-refractivity contribution is -0.384. The van der Waals surface area contributed by atoms with E-state index in [4.69, 9.17) is 4.42 Å². The van der Waals surface area contributed by atoms with Crippen LogP contribution in [0, 0.1) is 10.1 Å². The number of hydrazone groups is 1. The average Bonchev–Trinajstić information content (AvgIpc) is 3.10. The predicted molar refractivity (Wildman–Crippen MR) is 95.1 cm³/mol. The number of hydrogen-bond donors (Lipinski definition) is 1. The van der Waals surface area contributed by atoms with Gasteiger partial charge in [-0.25, -0.2) is 0 Å². The lowest BCUT2D eigenvalue weighted by Gasteiger charge is -2.11. The third kappa shape index (κ3) is 4.87. The van der Waals surface area contributed by atoms with Crippen molar-refractivity contribution in [3.63, 3.8) is 0 Å². The first-order chi connectivity index (χ1) is 13.3. The standard InChI is InChI=1S/C18H12F3N3O4/c19-18(20,21)28-17-4-2-1-3-15(17)16-10-9-14(27-16)11-22-23-12-5-7-13(8-6-12)24(25)26/h1-11,23H/b22-11-. The summed E-state index contributed by atoms with van der Waals surface area (Å²) in [7, 11) is 0. The molecule has 3 aromatic rings. The Hall–Kier alpha value is -3.82. The molecule has 0 bridgehead atoms. The number of ether oxygens (including phenoxy) is 1. The van der Waals surface area contributed by atoms with Gasteiger partial charge in [0.1, 0.15) is 17.3 Å². The van der Waals surface area contributed by atoms with Gasteiger partial charge in [-0.1, -0.05) is 12.1 Å². The number of nitrogens with zero attached hydrogens (tertiary/aromatic N) is 2. The molecule has 0 unspecified atom stereocenters. The number of para-hydroxylation sites is 1. The first-order valence-electron chi connectivity index (χ1n) is 7.80. The van der Waals surface area contributed by atoms with Crippen molar-refractivity contribution in [3.8, 4) is 17.1 Å². The van der Waals surface area contributed by atoms with Crippen LogP contribution in [0.15, 0.2) is 70.2 Å². The molecule has 10 heteroatoms. The molecular weight excluding hydrogens is 379 g/mol. The molecule has 1 aromatic heterocycles. The number of nitrogens with one attached hydrogen (secondary N) is 1. The number of halogens is 3. The summed E-state index contributed by atoms with van der Waals surface area (Å²) in [4.78, 5) is 10.1. The second kappa shape index (κ2) is 7.82. The Morgan fingerprint density at radius 2 is 1.79 bits per heavy atom. The molecule has 2 aromatic carbocycles. The van der Waals surface area contributed by atoms with Gasteiger partial charge >= 0.3 is 6.36 Å². The summed E-state index contributed by atoms with van der Waals surface area (Å²) in [5, 5.41) is 14.5. The van der Waals surface area contributed by atoms with Gasteiger partial charge in [0.2, 0.25) is 0 Å². The first kappa shape index (κ1) is 19.0. The first-order valence-corrected chi connectivity index (χ1v) is 7.80. The van der Waals surface area contributed by atoms with Crippen LogP contribution in [0.5, 0.6) is 5.75 Å². The second-order valence-electron chi connectivity index (χ2n) is 5.42. The van der Waals surface area contributed by atoms with E-state index in [0.29, 0.717) is 5.69 Å². The molecule has 0 fully saturated rings. The predicted octanol–water partition coefficient (Wildman–Crippen LogP) is 5.20. The highest BCUT2D eigenvalue weighted by atomic mass is 19.4. The molecule has 0 saturated heterocycles. The van der Waals surface area contributed by atoms with E-state index in [1.165, 1.54) is 60.8 Å². The van der Waals surface area contributed by atoms with E-state index in [1.807, 2.05) is 0 Å². The van der Waals surface area contributed by atoms with Gasteiger partial charge in [-0.15, -0.1) is 13.2 Å². The molecule has 28 heavy (non-hydrogen) atoms. The number of nitro benzene ring substituents is 1. The summed E-state index contributed by atoms with van der Waals surface area (Å²) in [5.41, 5.74) is 3.27. The zero-order valence-corrected chi connectivity index (χ0v) is 14.0. The number of non-ortho nitro benzene ring substituents is 1. The van der Waals surface area contributed by atoms with Gasteiger partial charge in [-0.3, -0.25) is 15.5 Å². The van der Waals surface area contributed by atoms with Crippen molar-refractivity contribution in [1.29, 1.82) is 0 Å². The van der Waals surface area contributed by atoms with Crippen LogP contribution >= 0.6 is 0 Å². The summed E-state index contributed by atoms with van der Waals surface area (Å²) in [5.74, 6) is 0.0831. The highest BCUT2D eigenvalue weighted by molar-refractivity contribution is 5.78. The molecule has 0 aliphatic carbocycles. The van der Waals surface area contributed by atoms with Crippen molar-refractivity contribution in [2.75, 3.05) is 5.43 Å². The molecule has 3 rings (SSSR count). The van der Waals surface area contributed by atoms with Gasteiger partial charge in [-0.05, 0) is 36.4 Å². The number of hydrogen-bond acceptors (Lipinski definition) is 6. The summed E-state index contributed by atoms with van der Waals surface area (Å²) in [6.45, 7) is 0. The maximum atomic E-state index is 12.5. The molecule has 7 nitrogen and oxygen atoms in total. The summed E-state index contributed by atoms with van der Waals surface area (Å²) < 4.78 is 47.1. The fraction of sp³-hybridized carbons (Fsp3) is 0.0556. The smallest absolute Gasteiger partial charge is 0.455 e. The van der Waals surface area contributed by atoms with E-state index in [-0.39, 0.29) is 28.5 Å². The maximum absolute atomic E-state index is 12.5. The third-order valence-corrected chi connectivity index (χ3v) is 3.47. The molecule has 0 atom stereocenters. The summed E-state index contributed by atoms with van der Waals surface area (Å²) in [6, 6.07) is 14.2. The molecule has 1 N–H and O–H groups in total. The Morgan fingerprint density at radius 3 is 2.46 bits per heavy atom. The number of alkyl halides is 3. The highest BCUT2D eigenvalue weighted by Gasteiger charge is 2.32. The van der Waals surface area contributed by atoms with Gasteiger partial charge in [0.25, 0.3) is 5.69 Å². The van der Waals surface area contributed by atoms with Gasteiger partial charge in [0, 0.05) is 12.1 Å². The van der Waals surface area contributed by atoms with Crippen LogP contribution in [0.4, 0.5) is 24.5 Å². The fourth-order valence-electron chi connectivity index (χ4n) is 2.28. The minimum atomic E-state index is -4.82. The Balaban J connectivity index is 1.71. The molecule has 0 amide bonds. The van der Waals surface area contributed by atoms with E-state index in [9.17, 15) is 23.3 Å². The van der Waals surface area contributed by atoms with E-state index < -0.39 is 11.3 Å². The van der Waals surface area contributed by atoms with E-state index in [0.717, 1.165) is 0 Å². The van der Waals surface area contributed by atoms with Gasteiger partial charge in [0.15, 0.2) is 0 Å². The Bertz CT molecular complexity index is 998. The van der Waals surface area contributed by atoms with Crippen LogP contribution in [0.2, 0.25) is 0 Å². The maximum Gasteiger partial charge on any atom is 0.573 e. The number of benzene rings is 2. The van der Waals surface area contributed by atoms with Gasteiger partial charge in [-0.2, -0.15) is 5.10 Å².